The average molecular weight is 311 g/mol. The Morgan fingerprint density at radius 1 is 1.11 bits per heavy atom. The summed E-state index contributed by atoms with van der Waals surface area (Å²) < 4.78 is 19.1. The van der Waals surface area contributed by atoms with Crippen molar-refractivity contribution in [3.63, 3.8) is 0 Å². The van der Waals surface area contributed by atoms with Gasteiger partial charge in [0.25, 0.3) is 0 Å². The van der Waals surface area contributed by atoms with E-state index in [1.165, 1.54) is 12.1 Å². The van der Waals surface area contributed by atoms with E-state index in [1.807, 2.05) is 0 Å². The van der Waals surface area contributed by atoms with E-state index in [0.29, 0.717) is 11.5 Å². The van der Waals surface area contributed by atoms with Gasteiger partial charge in [-0.25, -0.2) is 4.39 Å². The van der Waals surface area contributed by atoms with Crippen LogP contribution in [0.2, 0.25) is 0 Å². The molecule has 0 heterocycles. The van der Waals surface area contributed by atoms with Gasteiger partial charge < -0.3 is 9.84 Å². The smallest absolute Gasteiger partial charge is 0.128 e. The van der Waals surface area contributed by atoms with Crippen LogP contribution in [0, 0.1) is 5.82 Å². The van der Waals surface area contributed by atoms with Crippen LogP contribution in [0.3, 0.4) is 0 Å². The summed E-state index contributed by atoms with van der Waals surface area (Å²) in [7, 11) is 0. The molecule has 0 spiro atoms. The lowest BCUT2D eigenvalue weighted by molar-refractivity contribution is 0.198. The Labute approximate surface area is 113 Å². The molecule has 1 unspecified atom stereocenters. The molecule has 0 saturated heterocycles. The van der Waals surface area contributed by atoms with Gasteiger partial charge in [0.05, 0.1) is 6.10 Å². The van der Waals surface area contributed by atoms with Crippen LogP contribution in [0.1, 0.15) is 18.6 Å². The molecule has 1 atom stereocenters. The van der Waals surface area contributed by atoms with Crippen LogP contribution in [0.25, 0.3) is 0 Å². The number of rotatable bonds is 3. The van der Waals surface area contributed by atoms with Gasteiger partial charge in [-0.2, -0.15) is 0 Å². The lowest BCUT2D eigenvalue weighted by atomic mass is 10.1. The number of halogens is 2. The Kier molecular flexibility index (Phi) is 3.99. The van der Waals surface area contributed by atoms with Crippen molar-refractivity contribution in [3.8, 4) is 11.5 Å². The third-order valence-corrected chi connectivity index (χ3v) is 3.16. The van der Waals surface area contributed by atoms with Gasteiger partial charge >= 0.3 is 0 Å². The molecule has 0 saturated carbocycles. The first-order valence-corrected chi connectivity index (χ1v) is 6.26. The molecule has 0 radical (unpaired) electrons. The molecule has 94 valence electrons. The molecule has 0 aliphatic heterocycles. The van der Waals surface area contributed by atoms with Crippen molar-refractivity contribution in [3.05, 3.63) is 58.3 Å². The summed E-state index contributed by atoms with van der Waals surface area (Å²) in [5.74, 6) is 0.888. The zero-order valence-electron chi connectivity index (χ0n) is 9.73. The van der Waals surface area contributed by atoms with Gasteiger partial charge in [-0.05, 0) is 48.9 Å². The van der Waals surface area contributed by atoms with Crippen molar-refractivity contribution in [1.82, 2.24) is 0 Å². The molecule has 1 N–H and O–H groups in total. The molecule has 0 fully saturated rings. The zero-order valence-corrected chi connectivity index (χ0v) is 11.3. The van der Waals surface area contributed by atoms with Gasteiger partial charge in [0.1, 0.15) is 17.3 Å². The number of aliphatic hydroxyl groups excluding tert-OH is 1. The molecule has 0 aliphatic rings. The van der Waals surface area contributed by atoms with Crippen molar-refractivity contribution in [2.75, 3.05) is 0 Å². The standard InChI is InChI=1S/C14H12BrFO2/c1-9(17)13-7-6-12(8-14(13)15)18-11-4-2-10(16)3-5-11/h2-9,17H,1H3. The van der Waals surface area contributed by atoms with Gasteiger partial charge in [0.15, 0.2) is 0 Å². The van der Waals surface area contributed by atoms with Gasteiger partial charge in [0, 0.05) is 4.47 Å². The first-order valence-electron chi connectivity index (χ1n) is 5.47. The largest absolute Gasteiger partial charge is 0.457 e. The molecule has 2 aromatic carbocycles. The summed E-state index contributed by atoms with van der Waals surface area (Å²) in [5, 5.41) is 9.50. The SMILES string of the molecule is CC(O)c1ccc(Oc2ccc(F)cc2)cc1Br. The van der Waals surface area contributed by atoms with E-state index < -0.39 is 6.10 Å². The minimum atomic E-state index is -0.542. The number of hydrogen-bond acceptors (Lipinski definition) is 2. The highest BCUT2D eigenvalue weighted by Crippen LogP contribution is 2.30. The normalized spacial score (nSPS) is 12.2. The molecule has 2 nitrogen and oxygen atoms in total. The van der Waals surface area contributed by atoms with Crippen LogP contribution < -0.4 is 4.74 Å². The number of ether oxygens (including phenoxy) is 1. The maximum Gasteiger partial charge on any atom is 0.128 e. The van der Waals surface area contributed by atoms with E-state index in [9.17, 15) is 9.50 Å². The third kappa shape index (κ3) is 3.09. The van der Waals surface area contributed by atoms with E-state index in [0.717, 1.165) is 10.0 Å². The molecule has 18 heavy (non-hydrogen) atoms. The van der Waals surface area contributed by atoms with E-state index in [2.05, 4.69) is 15.9 Å². The second-order valence-electron chi connectivity index (χ2n) is 3.92. The molecule has 0 aliphatic carbocycles. The summed E-state index contributed by atoms with van der Waals surface area (Å²) in [5.41, 5.74) is 0.793. The monoisotopic (exact) mass is 310 g/mol. The van der Waals surface area contributed by atoms with Crippen molar-refractivity contribution in [2.24, 2.45) is 0 Å². The second-order valence-corrected chi connectivity index (χ2v) is 4.77. The quantitative estimate of drug-likeness (QED) is 0.908. The fraction of sp³-hybridized carbons (Fsp3) is 0.143. The summed E-state index contributed by atoms with van der Waals surface area (Å²) in [6, 6.07) is 11.1. The number of benzene rings is 2. The Bertz CT molecular complexity index is 538. The van der Waals surface area contributed by atoms with Gasteiger partial charge in [-0.15, -0.1) is 0 Å². The average Bonchev–Trinajstić information content (AvgIpc) is 2.32. The second kappa shape index (κ2) is 5.50. The number of hydrogen-bond donors (Lipinski definition) is 1. The summed E-state index contributed by atoms with van der Waals surface area (Å²) >= 11 is 3.37. The molecule has 2 rings (SSSR count). The van der Waals surface area contributed by atoms with E-state index in [-0.39, 0.29) is 5.82 Å². The fourth-order valence-electron chi connectivity index (χ4n) is 1.55. The summed E-state index contributed by atoms with van der Waals surface area (Å²) in [6.45, 7) is 1.70. The highest BCUT2D eigenvalue weighted by atomic mass is 79.9. The van der Waals surface area contributed by atoms with Crippen molar-refractivity contribution in [1.29, 1.82) is 0 Å². The molecule has 0 amide bonds. The minimum Gasteiger partial charge on any atom is -0.457 e. The maximum atomic E-state index is 12.7. The van der Waals surface area contributed by atoms with Gasteiger partial charge in [-0.1, -0.05) is 22.0 Å². The van der Waals surface area contributed by atoms with Crippen LogP contribution >= 0.6 is 15.9 Å². The summed E-state index contributed by atoms with van der Waals surface area (Å²) in [6.07, 6.45) is -0.542. The molecule has 0 bridgehead atoms. The lowest BCUT2D eigenvalue weighted by Crippen LogP contribution is -1.93. The highest BCUT2D eigenvalue weighted by Gasteiger charge is 2.07. The fourth-order valence-corrected chi connectivity index (χ4v) is 2.24. The van der Waals surface area contributed by atoms with E-state index in [4.69, 9.17) is 4.74 Å². The molecular formula is C14H12BrFO2. The van der Waals surface area contributed by atoms with Crippen LogP contribution in [0.5, 0.6) is 11.5 Å². The zero-order chi connectivity index (χ0) is 13.1. The third-order valence-electron chi connectivity index (χ3n) is 2.47. The van der Waals surface area contributed by atoms with Crippen LogP contribution in [0.15, 0.2) is 46.9 Å². The predicted molar refractivity (Wildman–Crippen MR) is 71.2 cm³/mol. The van der Waals surface area contributed by atoms with Crippen LogP contribution in [0.4, 0.5) is 4.39 Å². The predicted octanol–water partition coefficient (Wildman–Crippen LogP) is 4.43. The van der Waals surface area contributed by atoms with E-state index >= 15 is 0 Å². The van der Waals surface area contributed by atoms with Gasteiger partial charge in [0.2, 0.25) is 0 Å². The van der Waals surface area contributed by atoms with Crippen molar-refractivity contribution in [2.45, 2.75) is 13.0 Å². The first kappa shape index (κ1) is 13.1. The van der Waals surface area contributed by atoms with Crippen molar-refractivity contribution >= 4 is 15.9 Å². The van der Waals surface area contributed by atoms with E-state index in [1.54, 1.807) is 37.3 Å². The lowest BCUT2D eigenvalue weighted by Gasteiger charge is -2.10. The van der Waals surface area contributed by atoms with Gasteiger partial charge in [-0.3, -0.25) is 0 Å². The topological polar surface area (TPSA) is 29.5 Å². The molecule has 2 aromatic rings. The van der Waals surface area contributed by atoms with Crippen molar-refractivity contribution < 1.29 is 14.2 Å². The Morgan fingerprint density at radius 2 is 1.72 bits per heavy atom. The Balaban J connectivity index is 2.20. The highest BCUT2D eigenvalue weighted by molar-refractivity contribution is 9.10. The minimum absolute atomic E-state index is 0.298. The first-order chi connectivity index (χ1) is 8.56. The maximum absolute atomic E-state index is 12.7. The summed E-state index contributed by atoms with van der Waals surface area (Å²) in [4.78, 5) is 0. The molecule has 4 heteroatoms. The molecular weight excluding hydrogens is 299 g/mol. The van der Waals surface area contributed by atoms with Crippen LogP contribution in [-0.4, -0.2) is 5.11 Å². The Morgan fingerprint density at radius 3 is 2.28 bits per heavy atom. The number of aliphatic hydroxyl groups is 1. The van der Waals surface area contributed by atoms with Crippen LogP contribution in [-0.2, 0) is 0 Å². The molecule has 0 aromatic heterocycles. The Hall–Kier alpha value is -1.39.